The van der Waals surface area contributed by atoms with E-state index in [1.807, 2.05) is 56.3 Å². The third kappa shape index (κ3) is 5.19. The lowest BCUT2D eigenvalue weighted by molar-refractivity contribution is -0.122. The number of amidine groups is 1. The average Bonchev–Trinajstić information content (AvgIpc) is 3.08. The Morgan fingerprint density at radius 3 is 2.19 bits per heavy atom. The van der Waals surface area contributed by atoms with Crippen molar-refractivity contribution in [2.75, 3.05) is 34.5 Å². The molecule has 2 aromatic rings. The fraction of sp³-hybridized carbons (Fsp3) is 0.333. The van der Waals surface area contributed by atoms with Crippen molar-refractivity contribution in [3.05, 3.63) is 46.9 Å². The Bertz CT molecular complexity index is 993. The van der Waals surface area contributed by atoms with E-state index in [1.54, 1.807) is 26.2 Å². The molecule has 0 unspecified atom stereocenters. The molecule has 0 atom stereocenters. The minimum Gasteiger partial charge on any atom is -0.494 e. The number of nitrogens with zero attached hydrogens (tertiary/aromatic N) is 2. The summed E-state index contributed by atoms with van der Waals surface area (Å²) >= 11 is 1.35. The fourth-order valence-electron chi connectivity index (χ4n) is 3.24. The van der Waals surface area contributed by atoms with Gasteiger partial charge in [0.05, 0.1) is 38.5 Å². The van der Waals surface area contributed by atoms with Crippen LogP contribution in [0.5, 0.6) is 23.0 Å². The Morgan fingerprint density at radius 1 is 1.00 bits per heavy atom. The quantitative estimate of drug-likeness (QED) is 0.488. The van der Waals surface area contributed by atoms with Crippen LogP contribution in [-0.2, 0) is 4.79 Å². The maximum Gasteiger partial charge on any atom is 0.266 e. The number of hydrogen-bond donors (Lipinski definition) is 0. The summed E-state index contributed by atoms with van der Waals surface area (Å²) in [5, 5.41) is 0.653. The van der Waals surface area contributed by atoms with Crippen molar-refractivity contribution < 1.29 is 23.7 Å². The van der Waals surface area contributed by atoms with Gasteiger partial charge >= 0.3 is 0 Å². The molecule has 0 aliphatic carbocycles. The van der Waals surface area contributed by atoms with E-state index in [0.29, 0.717) is 40.5 Å². The van der Waals surface area contributed by atoms with E-state index >= 15 is 0 Å². The van der Waals surface area contributed by atoms with Crippen LogP contribution in [0.2, 0.25) is 0 Å². The number of aliphatic imine (C=N–C) groups is 1. The van der Waals surface area contributed by atoms with E-state index in [1.165, 1.54) is 11.8 Å². The lowest BCUT2D eigenvalue weighted by Gasteiger charge is -2.14. The molecule has 0 bridgehead atoms. The molecule has 0 saturated carbocycles. The number of ether oxygens (including phenoxy) is 4. The van der Waals surface area contributed by atoms with Crippen LogP contribution in [0, 0.1) is 0 Å². The maximum absolute atomic E-state index is 13.1. The molecule has 1 fully saturated rings. The van der Waals surface area contributed by atoms with Crippen molar-refractivity contribution in [2.45, 2.75) is 20.3 Å². The van der Waals surface area contributed by atoms with Gasteiger partial charge in [-0.05, 0) is 73.1 Å². The predicted octanol–water partition coefficient (Wildman–Crippen LogP) is 5.13. The number of carbonyl (C=O) groups is 1. The zero-order valence-corrected chi connectivity index (χ0v) is 19.8. The molecule has 7 nitrogen and oxygen atoms in total. The number of benzene rings is 2. The highest BCUT2D eigenvalue weighted by Gasteiger charge is 2.33. The van der Waals surface area contributed by atoms with Gasteiger partial charge in [-0.1, -0.05) is 6.92 Å². The third-order valence-electron chi connectivity index (χ3n) is 4.69. The summed E-state index contributed by atoms with van der Waals surface area (Å²) < 4.78 is 21.7. The summed E-state index contributed by atoms with van der Waals surface area (Å²) in [4.78, 5) is 20.1. The number of hydrogen-bond acceptors (Lipinski definition) is 7. The molecule has 0 aromatic heterocycles. The Morgan fingerprint density at radius 2 is 1.66 bits per heavy atom. The second-order valence-corrected chi connectivity index (χ2v) is 7.86. The fourth-order valence-corrected chi connectivity index (χ4v) is 4.27. The molecule has 170 valence electrons. The Balaban J connectivity index is 1.95. The first-order valence-electron chi connectivity index (χ1n) is 10.4. The van der Waals surface area contributed by atoms with Gasteiger partial charge in [0.2, 0.25) is 5.75 Å². The van der Waals surface area contributed by atoms with E-state index in [9.17, 15) is 4.79 Å². The molecule has 1 aliphatic heterocycles. The van der Waals surface area contributed by atoms with Gasteiger partial charge in [0.1, 0.15) is 5.75 Å². The summed E-state index contributed by atoms with van der Waals surface area (Å²) in [6.07, 6.45) is 2.65. The molecular weight excluding hydrogens is 428 g/mol. The van der Waals surface area contributed by atoms with Crippen molar-refractivity contribution in [2.24, 2.45) is 4.99 Å². The topological polar surface area (TPSA) is 69.6 Å². The highest BCUT2D eigenvalue weighted by atomic mass is 32.2. The van der Waals surface area contributed by atoms with Crippen molar-refractivity contribution in [3.8, 4) is 23.0 Å². The van der Waals surface area contributed by atoms with E-state index in [0.717, 1.165) is 23.4 Å². The third-order valence-corrected chi connectivity index (χ3v) is 5.70. The second-order valence-electron chi connectivity index (χ2n) is 6.85. The first-order chi connectivity index (χ1) is 15.5. The lowest BCUT2D eigenvalue weighted by Crippen LogP contribution is -2.29. The van der Waals surface area contributed by atoms with Crippen molar-refractivity contribution in [1.29, 1.82) is 0 Å². The van der Waals surface area contributed by atoms with Crippen LogP contribution in [0.15, 0.2) is 46.3 Å². The summed E-state index contributed by atoms with van der Waals surface area (Å²) in [7, 11) is 4.68. The van der Waals surface area contributed by atoms with Gasteiger partial charge in [-0.2, -0.15) is 0 Å². The van der Waals surface area contributed by atoms with Crippen LogP contribution in [0.4, 0.5) is 5.69 Å². The molecule has 1 saturated heterocycles. The number of methoxy groups -OCH3 is 3. The van der Waals surface area contributed by atoms with Gasteiger partial charge in [-0.15, -0.1) is 0 Å². The van der Waals surface area contributed by atoms with Crippen LogP contribution in [0.1, 0.15) is 25.8 Å². The standard InChI is InChI=1S/C24H28N2O5S/c1-6-12-26-23(27)21(15-16-13-19(28-3)22(30-5)20(14-16)29-4)32-24(26)25-17-8-10-18(11-9-17)31-7-2/h8-11,13-15H,6-7,12H2,1-5H3/b21-15-,25-24?. The molecule has 1 aliphatic rings. The van der Waals surface area contributed by atoms with Gasteiger partial charge in [-0.3, -0.25) is 9.69 Å². The zero-order valence-electron chi connectivity index (χ0n) is 19.0. The number of thioether (sulfide) groups is 1. The Kier molecular flexibility index (Phi) is 8.05. The highest BCUT2D eigenvalue weighted by Crippen LogP contribution is 2.40. The number of carbonyl (C=O) groups excluding carboxylic acids is 1. The lowest BCUT2D eigenvalue weighted by atomic mass is 10.1. The van der Waals surface area contributed by atoms with E-state index < -0.39 is 0 Å². The number of amides is 1. The maximum atomic E-state index is 13.1. The van der Waals surface area contributed by atoms with Gasteiger partial charge in [0, 0.05) is 6.54 Å². The van der Waals surface area contributed by atoms with Crippen molar-refractivity contribution in [3.63, 3.8) is 0 Å². The summed E-state index contributed by atoms with van der Waals surface area (Å²) in [5.41, 5.74) is 1.54. The summed E-state index contributed by atoms with van der Waals surface area (Å²) in [6.45, 7) is 5.18. The molecule has 1 amide bonds. The van der Waals surface area contributed by atoms with E-state index in [2.05, 4.69) is 0 Å². The normalized spacial score (nSPS) is 16.0. The largest absolute Gasteiger partial charge is 0.494 e. The molecule has 8 heteroatoms. The second kappa shape index (κ2) is 10.9. The van der Waals surface area contributed by atoms with Gasteiger partial charge in [-0.25, -0.2) is 4.99 Å². The van der Waals surface area contributed by atoms with Crippen LogP contribution >= 0.6 is 11.8 Å². The molecule has 32 heavy (non-hydrogen) atoms. The van der Waals surface area contributed by atoms with Crippen molar-refractivity contribution in [1.82, 2.24) is 4.90 Å². The van der Waals surface area contributed by atoms with Crippen LogP contribution in [0.25, 0.3) is 6.08 Å². The monoisotopic (exact) mass is 456 g/mol. The molecule has 2 aromatic carbocycles. The highest BCUT2D eigenvalue weighted by molar-refractivity contribution is 8.18. The minimum atomic E-state index is -0.0738. The molecule has 0 N–H and O–H groups in total. The van der Waals surface area contributed by atoms with Crippen LogP contribution < -0.4 is 18.9 Å². The van der Waals surface area contributed by atoms with Crippen LogP contribution in [0.3, 0.4) is 0 Å². The van der Waals surface area contributed by atoms with Gasteiger partial charge in [0.15, 0.2) is 16.7 Å². The molecule has 0 spiro atoms. The first kappa shape index (κ1) is 23.5. The smallest absolute Gasteiger partial charge is 0.266 e. The van der Waals surface area contributed by atoms with Crippen molar-refractivity contribution >= 4 is 34.6 Å². The SMILES string of the molecule is CCCN1C(=O)/C(=C/c2cc(OC)c(OC)c(OC)c2)SC1=Nc1ccc(OCC)cc1. The predicted molar refractivity (Wildman–Crippen MR) is 128 cm³/mol. The van der Waals surface area contributed by atoms with Gasteiger partial charge in [0.25, 0.3) is 5.91 Å². The summed E-state index contributed by atoms with van der Waals surface area (Å²) in [5.74, 6) is 2.29. The molecule has 1 heterocycles. The van der Waals surface area contributed by atoms with E-state index in [-0.39, 0.29) is 5.91 Å². The summed E-state index contributed by atoms with van der Waals surface area (Å²) in [6, 6.07) is 11.1. The molecule has 0 radical (unpaired) electrons. The Labute approximate surface area is 193 Å². The van der Waals surface area contributed by atoms with Gasteiger partial charge < -0.3 is 18.9 Å². The van der Waals surface area contributed by atoms with E-state index in [4.69, 9.17) is 23.9 Å². The average molecular weight is 457 g/mol. The minimum absolute atomic E-state index is 0.0738. The molecular formula is C24H28N2O5S. The first-order valence-corrected chi connectivity index (χ1v) is 11.2. The van der Waals surface area contributed by atoms with Crippen LogP contribution in [-0.4, -0.2) is 50.5 Å². The number of rotatable bonds is 9. The molecule has 3 rings (SSSR count). The zero-order chi connectivity index (χ0) is 23.1. The Hall–Kier alpha value is -3.13.